The van der Waals surface area contributed by atoms with Gasteiger partial charge in [-0.1, -0.05) is 0 Å². The van der Waals surface area contributed by atoms with Crippen LogP contribution >= 0.6 is 0 Å². The molecule has 5 heteroatoms. The molecule has 1 amide bonds. The standard InChI is InChI=1S/C12H21N3O2/c1-8(2)15(6-7-16)12(17)11-9(3)13-14(5)10(11)4/h8,16H,6-7H2,1-5H3. The van der Waals surface area contributed by atoms with E-state index in [2.05, 4.69) is 5.10 Å². The van der Waals surface area contributed by atoms with E-state index in [1.807, 2.05) is 34.7 Å². The molecule has 1 aromatic rings. The van der Waals surface area contributed by atoms with Gasteiger partial charge in [0, 0.05) is 25.3 Å². The minimum atomic E-state index is -0.0582. The summed E-state index contributed by atoms with van der Waals surface area (Å²) in [5, 5.41) is 13.3. The molecule has 1 rings (SSSR count). The van der Waals surface area contributed by atoms with Gasteiger partial charge in [-0.25, -0.2) is 0 Å². The molecule has 0 aromatic carbocycles. The van der Waals surface area contributed by atoms with Crippen LogP contribution in [0.4, 0.5) is 0 Å². The van der Waals surface area contributed by atoms with E-state index in [9.17, 15) is 4.79 Å². The van der Waals surface area contributed by atoms with Gasteiger partial charge < -0.3 is 10.0 Å². The summed E-state index contributed by atoms with van der Waals surface area (Å²) in [5.74, 6) is -0.0582. The van der Waals surface area contributed by atoms with Gasteiger partial charge >= 0.3 is 0 Å². The first kappa shape index (κ1) is 13.7. The third-order valence-corrected chi connectivity index (χ3v) is 2.95. The number of nitrogens with zero attached hydrogens (tertiary/aromatic N) is 3. The number of carbonyl (C=O) groups is 1. The average Bonchev–Trinajstić information content (AvgIpc) is 2.48. The first-order chi connectivity index (χ1) is 7.90. The number of aliphatic hydroxyl groups excluding tert-OH is 1. The fourth-order valence-electron chi connectivity index (χ4n) is 1.93. The highest BCUT2D eigenvalue weighted by Gasteiger charge is 2.24. The van der Waals surface area contributed by atoms with Gasteiger partial charge in [-0.15, -0.1) is 0 Å². The zero-order chi connectivity index (χ0) is 13.2. The molecule has 0 aliphatic heterocycles. The molecule has 0 spiro atoms. The number of hydrogen-bond acceptors (Lipinski definition) is 3. The monoisotopic (exact) mass is 239 g/mol. The van der Waals surface area contributed by atoms with E-state index in [1.165, 1.54) is 0 Å². The predicted molar refractivity (Wildman–Crippen MR) is 65.9 cm³/mol. The fraction of sp³-hybridized carbons (Fsp3) is 0.667. The van der Waals surface area contributed by atoms with Crippen LogP contribution in [0.1, 0.15) is 35.6 Å². The summed E-state index contributed by atoms with van der Waals surface area (Å²) in [6.07, 6.45) is 0. The van der Waals surface area contributed by atoms with Crippen molar-refractivity contribution in [1.82, 2.24) is 14.7 Å². The van der Waals surface area contributed by atoms with Gasteiger partial charge in [0.15, 0.2) is 0 Å². The number of rotatable bonds is 4. The van der Waals surface area contributed by atoms with E-state index in [0.29, 0.717) is 12.1 Å². The first-order valence-corrected chi connectivity index (χ1v) is 5.82. The zero-order valence-corrected chi connectivity index (χ0v) is 11.2. The lowest BCUT2D eigenvalue weighted by Gasteiger charge is -2.26. The van der Waals surface area contributed by atoms with Crippen molar-refractivity contribution < 1.29 is 9.90 Å². The van der Waals surface area contributed by atoms with Crippen LogP contribution < -0.4 is 0 Å². The Hall–Kier alpha value is -1.36. The highest BCUT2D eigenvalue weighted by atomic mass is 16.3. The average molecular weight is 239 g/mol. The molecular weight excluding hydrogens is 218 g/mol. The second-order valence-corrected chi connectivity index (χ2v) is 4.49. The molecule has 5 nitrogen and oxygen atoms in total. The molecule has 0 bridgehead atoms. The van der Waals surface area contributed by atoms with Gasteiger partial charge in [-0.2, -0.15) is 5.10 Å². The minimum absolute atomic E-state index is 0.0255. The van der Waals surface area contributed by atoms with Crippen molar-refractivity contribution in [1.29, 1.82) is 0 Å². The Morgan fingerprint density at radius 3 is 2.41 bits per heavy atom. The molecule has 0 radical (unpaired) electrons. The molecule has 0 unspecified atom stereocenters. The molecule has 1 N–H and O–H groups in total. The fourth-order valence-corrected chi connectivity index (χ4v) is 1.93. The van der Waals surface area contributed by atoms with Crippen molar-refractivity contribution in [3.8, 4) is 0 Å². The van der Waals surface area contributed by atoms with Gasteiger partial charge in [-0.3, -0.25) is 9.48 Å². The second-order valence-electron chi connectivity index (χ2n) is 4.49. The maximum atomic E-state index is 12.4. The Kier molecular flexibility index (Phi) is 4.28. The van der Waals surface area contributed by atoms with Gasteiger partial charge in [0.05, 0.1) is 17.9 Å². The second kappa shape index (κ2) is 5.31. The number of hydrogen-bond donors (Lipinski definition) is 1. The largest absolute Gasteiger partial charge is 0.395 e. The summed E-state index contributed by atoms with van der Waals surface area (Å²) in [6, 6.07) is 0.0636. The van der Waals surface area contributed by atoms with Crippen molar-refractivity contribution in [3.63, 3.8) is 0 Å². The maximum absolute atomic E-state index is 12.4. The summed E-state index contributed by atoms with van der Waals surface area (Å²) in [6.45, 7) is 7.91. The van der Waals surface area contributed by atoms with Crippen LogP contribution in [0.5, 0.6) is 0 Å². The molecule has 96 valence electrons. The van der Waals surface area contributed by atoms with Gasteiger partial charge in [0.1, 0.15) is 0 Å². The molecule has 1 heterocycles. The van der Waals surface area contributed by atoms with E-state index in [-0.39, 0.29) is 18.6 Å². The predicted octanol–water partition coefficient (Wildman–Crippen LogP) is 0.880. The van der Waals surface area contributed by atoms with E-state index < -0.39 is 0 Å². The van der Waals surface area contributed by atoms with E-state index in [4.69, 9.17) is 5.11 Å². The molecule has 0 fully saturated rings. The van der Waals surface area contributed by atoms with Crippen molar-refractivity contribution in [2.24, 2.45) is 7.05 Å². The van der Waals surface area contributed by atoms with Crippen molar-refractivity contribution in [2.45, 2.75) is 33.7 Å². The van der Waals surface area contributed by atoms with Crippen LogP contribution in [0.2, 0.25) is 0 Å². The van der Waals surface area contributed by atoms with E-state index >= 15 is 0 Å². The molecule has 1 aromatic heterocycles. The number of carbonyl (C=O) groups excluding carboxylic acids is 1. The highest BCUT2D eigenvalue weighted by molar-refractivity contribution is 5.96. The maximum Gasteiger partial charge on any atom is 0.257 e. The van der Waals surface area contributed by atoms with Crippen LogP contribution in [0, 0.1) is 13.8 Å². The number of amides is 1. The third kappa shape index (κ3) is 2.66. The Balaban J connectivity index is 3.09. The van der Waals surface area contributed by atoms with E-state index in [1.54, 1.807) is 9.58 Å². The lowest BCUT2D eigenvalue weighted by atomic mass is 10.1. The molecule has 0 aliphatic carbocycles. The van der Waals surface area contributed by atoms with Crippen LogP contribution in [-0.4, -0.2) is 44.9 Å². The topological polar surface area (TPSA) is 58.4 Å². The Labute approximate surface area is 102 Å². The molecule has 17 heavy (non-hydrogen) atoms. The number of aryl methyl sites for hydroxylation is 2. The van der Waals surface area contributed by atoms with Crippen molar-refractivity contribution in [3.05, 3.63) is 17.0 Å². The molecule has 0 saturated carbocycles. The lowest BCUT2D eigenvalue weighted by Crippen LogP contribution is -2.39. The molecule has 0 aliphatic rings. The Bertz CT molecular complexity index is 410. The summed E-state index contributed by atoms with van der Waals surface area (Å²) in [4.78, 5) is 14.1. The van der Waals surface area contributed by atoms with Crippen molar-refractivity contribution in [2.75, 3.05) is 13.2 Å². The first-order valence-electron chi connectivity index (χ1n) is 5.82. The smallest absolute Gasteiger partial charge is 0.257 e. The van der Waals surface area contributed by atoms with E-state index in [0.717, 1.165) is 11.4 Å². The summed E-state index contributed by atoms with van der Waals surface area (Å²) < 4.78 is 1.71. The van der Waals surface area contributed by atoms with Crippen LogP contribution in [0.25, 0.3) is 0 Å². The normalized spacial score (nSPS) is 11.0. The highest BCUT2D eigenvalue weighted by Crippen LogP contribution is 2.16. The summed E-state index contributed by atoms with van der Waals surface area (Å²) in [7, 11) is 1.82. The summed E-state index contributed by atoms with van der Waals surface area (Å²) in [5.41, 5.74) is 2.24. The van der Waals surface area contributed by atoms with Gasteiger partial charge in [-0.05, 0) is 27.7 Å². The van der Waals surface area contributed by atoms with Gasteiger partial charge in [0.2, 0.25) is 0 Å². The molecule has 0 saturated heterocycles. The minimum Gasteiger partial charge on any atom is -0.395 e. The zero-order valence-electron chi connectivity index (χ0n) is 11.2. The van der Waals surface area contributed by atoms with Crippen LogP contribution in [-0.2, 0) is 7.05 Å². The summed E-state index contributed by atoms with van der Waals surface area (Å²) >= 11 is 0. The number of aliphatic hydroxyl groups is 1. The quantitative estimate of drug-likeness (QED) is 0.848. The molecular formula is C12H21N3O2. The van der Waals surface area contributed by atoms with Crippen LogP contribution in [0.15, 0.2) is 0 Å². The Morgan fingerprint density at radius 1 is 1.47 bits per heavy atom. The third-order valence-electron chi connectivity index (χ3n) is 2.95. The lowest BCUT2D eigenvalue weighted by molar-refractivity contribution is 0.0664. The molecule has 0 atom stereocenters. The van der Waals surface area contributed by atoms with Crippen molar-refractivity contribution >= 4 is 5.91 Å². The number of aromatic nitrogens is 2. The SMILES string of the molecule is Cc1nn(C)c(C)c1C(=O)N(CCO)C(C)C. The van der Waals surface area contributed by atoms with Gasteiger partial charge in [0.25, 0.3) is 5.91 Å². The van der Waals surface area contributed by atoms with Crippen LogP contribution in [0.3, 0.4) is 0 Å². The Morgan fingerprint density at radius 2 is 2.06 bits per heavy atom.